The first-order valence-electron chi connectivity index (χ1n) is 5.58. The summed E-state index contributed by atoms with van der Waals surface area (Å²) in [4.78, 5) is 11.5. The Bertz CT molecular complexity index is 693. The monoisotopic (exact) mass is 282 g/mol. The number of nitrogens with one attached hydrogen (secondary N) is 2. The Morgan fingerprint density at radius 1 is 1.42 bits per heavy atom. The molecule has 7 nitrogen and oxygen atoms in total. The number of hydrogen-bond acceptors (Lipinski definition) is 4. The number of rotatable bonds is 5. The van der Waals surface area contributed by atoms with Gasteiger partial charge in [-0.3, -0.25) is 4.79 Å². The lowest BCUT2D eigenvalue weighted by molar-refractivity contribution is -0.120. The molecule has 2 N–H and O–H groups in total. The summed E-state index contributed by atoms with van der Waals surface area (Å²) in [6.45, 7) is 0.0375. The summed E-state index contributed by atoms with van der Waals surface area (Å²) in [6.07, 6.45) is 4.48. The van der Waals surface area contributed by atoms with E-state index in [0.29, 0.717) is 6.54 Å². The fourth-order valence-electron chi connectivity index (χ4n) is 1.58. The third kappa shape index (κ3) is 3.76. The number of aromatic nitrogens is 2. The van der Waals surface area contributed by atoms with E-state index in [1.54, 1.807) is 10.7 Å². The molecule has 0 aliphatic rings. The number of carbonyl (C=O) groups excluding carboxylic acids is 1. The predicted molar refractivity (Wildman–Crippen MR) is 69.9 cm³/mol. The second-order valence-corrected chi connectivity index (χ2v) is 5.90. The van der Waals surface area contributed by atoms with E-state index in [-0.39, 0.29) is 12.5 Å². The molecule has 1 amide bonds. The van der Waals surface area contributed by atoms with Gasteiger partial charge in [-0.25, -0.2) is 17.7 Å². The number of pyridine rings is 1. The third-order valence-electron chi connectivity index (χ3n) is 2.48. The van der Waals surface area contributed by atoms with Crippen LogP contribution in [0.4, 0.5) is 0 Å². The lowest BCUT2D eigenvalue weighted by Crippen LogP contribution is -2.36. The summed E-state index contributed by atoms with van der Waals surface area (Å²) < 4.78 is 25.5. The number of carbonyl (C=O) groups is 1. The average Bonchev–Trinajstić information content (AvgIpc) is 2.76. The van der Waals surface area contributed by atoms with Gasteiger partial charge in [-0.05, 0) is 12.1 Å². The standard InChI is InChI=1S/C11H14N4O3S/c1-19(17,18)14-8-11(16)12-6-9-7-13-15-5-3-2-4-10(9)15/h2-5,7,14H,6,8H2,1H3,(H,12,16). The molecule has 0 aliphatic heterocycles. The first-order valence-corrected chi connectivity index (χ1v) is 7.47. The highest BCUT2D eigenvalue weighted by Crippen LogP contribution is 2.08. The molecule has 2 rings (SSSR count). The van der Waals surface area contributed by atoms with E-state index in [1.165, 1.54) is 0 Å². The Morgan fingerprint density at radius 2 is 2.21 bits per heavy atom. The fourth-order valence-corrected chi connectivity index (χ4v) is 1.97. The maximum absolute atomic E-state index is 11.5. The topological polar surface area (TPSA) is 92.6 Å². The number of fused-ring (bicyclic) bond motifs is 1. The molecular formula is C11H14N4O3S. The van der Waals surface area contributed by atoms with Crippen molar-refractivity contribution in [3.05, 3.63) is 36.2 Å². The Hall–Kier alpha value is -1.93. The van der Waals surface area contributed by atoms with Gasteiger partial charge >= 0.3 is 0 Å². The highest BCUT2D eigenvalue weighted by atomic mass is 32.2. The van der Waals surface area contributed by atoms with E-state index < -0.39 is 10.0 Å². The second kappa shape index (κ2) is 5.37. The number of sulfonamides is 1. The van der Waals surface area contributed by atoms with E-state index in [0.717, 1.165) is 17.3 Å². The molecule has 0 aliphatic carbocycles. The number of amides is 1. The van der Waals surface area contributed by atoms with Crippen LogP contribution in [0.15, 0.2) is 30.6 Å². The largest absolute Gasteiger partial charge is 0.351 e. The highest BCUT2D eigenvalue weighted by Gasteiger charge is 2.08. The SMILES string of the molecule is CS(=O)(=O)NCC(=O)NCc1cnn2ccccc12. The van der Waals surface area contributed by atoms with Crippen molar-refractivity contribution < 1.29 is 13.2 Å². The minimum Gasteiger partial charge on any atom is -0.351 e. The first-order chi connectivity index (χ1) is 8.96. The van der Waals surface area contributed by atoms with Gasteiger partial charge in [0, 0.05) is 18.3 Å². The molecule has 0 bridgehead atoms. The van der Waals surface area contributed by atoms with Crippen molar-refractivity contribution >= 4 is 21.4 Å². The van der Waals surface area contributed by atoms with Gasteiger partial charge in [-0.1, -0.05) is 6.07 Å². The van der Waals surface area contributed by atoms with Crippen molar-refractivity contribution in [2.75, 3.05) is 12.8 Å². The maximum Gasteiger partial charge on any atom is 0.235 e. The fraction of sp³-hybridized carbons (Fsp3) is 0.273. The summed E-state index contributed by atoms with van der Waals surface area (Å²) >= 11 is 0. The van der Waals surface area contributed by atoms with Crippen molar-refractivity contribution in [1.82, 2.24) is 19.7 Å². The van der Waals surface area contributed by atoms with Crippen LogP contribution in [-0.4, -0.2) is 36.7 Å². The van der Waals surface area contributed by atoms with Crippen LogP contribution in [0, 0.1) is 0 Å². The van der Waals surface area contributed by atoms with Crippen LogP contribution < -0.4 is 10.0 Å². The Labute approximate surface area is 110 Å². The van der Waals surface area contributed by atoms with Crippen molar-refractivity contribution in [2.45, 2.75) is 6.54 Å². The lowest BCUT2D eigenvalue weighted by Gasteiger charge is -2.04. The lowest BCUT2D eigenvalue weighted by atomic mass is 10.2. The zero-order valence-electron chi connectivity index (χ0n) is 10.3. The summed E-state index contributed by atoms with van der Waals surface area (Å²) in [7, 11) is -3.35. The van der Waals surface area contributed by atoms with Crippen molar-refractivity contribution in [1.29, 1.82) is 0 Å². The van der Waals surface area contributed by atoms with Crippen molar-refractivity contribution in [3.8, 4) is 0 Å². The quantitative estimate of drug-likeness (QED) is 0.773. The van der Waals surface area contributed by atoms with Crippen LogP contribution in [0.3, 0.4) is 0 Å². The van der Waals surface area contributed by atoms with Gasteiger partial charge in [-0.2, -0.15) is 5.10 Å². The number of hydrogen-bond donors (Lipinski definition) is 2. The normalized spacial score (nSPS) is 11.6. The van der Waals surface area contributed by atoms with E-state index >= 15 is 0 Å². The van der Waals surface area contributed by atoms with Gasteiger partial charge in [-0.15, -0.1) is 0 Å². The summed E-state index contributed by atoms with van der Waals surface area (Å²) in [5, 5.41) is 6.77. The van der Waals surface area contributed by atoms with Crippen LogP contribution in [-0.2, 0) is 21.4 Å². The number of nitrogens with zero attached hydrogens (tertiary/aromatic N) is 2. The zero-order valence-corrected chi connectivity index (χ0v) is 11.1. The van der Waals surface area contributed by atoms with Gasteiger partial charge in [0.15, 0.2) is 0 Å². The minimum atomic E-state index is -3.35. The van der Waals surface area contributed by atoms with Crippen LogP contribution in [0.25, 0.3) is 5.52 Å². The summed E-state index contributed by atoms with van der Waals surface area (Å²) in [5.74, 6) is -0.388. The van der Waals surface area contributed by atoms with Crippen LogP contribution in [0.2, 0.25) is 0 Å². The molecule has 102 valence electrons. The van der Waals surface area contributed by atoms with Crippen LogP contribution in [0.5, 0.6) is 0 Å². The molecule has 0 saturated carbocycles. The van der Waals surface area contributed by atoms with Gasteiger partial charge in [0.2, 0.25) is 15.9 Å². The van der Waals surface area contributed by atoms with E-state index in [2.05, 4.69) is 15.1 Å². The molecule has 0 saturated heterocycles. The van der Waals surface area contributed by atoms with E-state index in [9.17, 15) is 13.2 Å². The third-order valence-corrected chi connectivity index (χ3v) is 3.15. The molecule has 19 heavy (non-hydrogen) atoms. The smallest absolute Gasteiger partial charge is 0.235 e. The predicted octanol–water partition coefficient (Wildman–Crippen LogP) is -0.500. The zero-order chi connectivity index (χ0) is 13.9. The molecule has 0 spiro atoms. The van der Waals surface area contributed by atoms with E-state index in [1.807, 2.05) is 24.4 Å². The maximum atomic E-state index is 11.5. The molecule has 0 fully saturated rings. The molecule has 0 aromatic carbocycles. The van der Waals surface area contributed by atoms with Crippen molar-refractivity contribution in [2.24, 2.45) is 0 Å². The molecule has 2 aromatic rings. The van der Waals surface area contributed by atoms with Gasteiger partial charge in [0.05, 0.1) is 24.5 Å². The molecule has 2 heterocycles. The average molecular weight is 282 g/mol. The van der Waals surface area contributed by atoms with Crippen LogP contribution >= 0.6 is 0 Å². The van der Waals surface area contributed by atoms with Crippen LogP contribution in [0.1, 0.15) is 5.56 Å². The summed E-state index contributed by atoms with van der Waals surface area (Å²) in [6, 6.07) is 5.63. The Morgan fingerprint density at radius 3 is 2.95 bits per heavy atom. The summed E-state index contributed by atoms with van der Waals surface area (Å²) in [5.41, 5.74) is 1.77. The molecule has 0 atom stereocenters. The second-order valence-electron chi connectivity index (χ2n) is 4.07. The first kappa shape index (κ1) is 13.5. The molecule has 0 radical (unpaired) electrons. The molecule has 8 heteroatoms. The van der Waals surface area contributed by atoms with E-state index in [4.69, 9.17) is 0 Å². The van der Waals surface area contributed by atoms with Gasteiger partial charge in [0.25, 0.3) is 0 Å². The molecule has 2 aromatic heterocycles. The minimum absolute atomic E-state index is 0.266. The molecular weight excluding hydrogens is 268 g/mol. The Kier molecular flexibility index (Phi) is 3.82. The molecule has 0 unspecified atom stereocenters. The Balaban J connectivity index is 1.94. The van der Waals surface area contributed by atoms with Gasteiger partial charge in [0.1, 0.15) is 0 Å². The van der Waals surface area contributed by atoms with Gasteiger partial charge < -0.3 is 5.32 Å². The van der Waals surface area contributed by atoms with Crippen molar-refractivity contribution in [3.63, 3.8) is 0 Å². The highest BCUT2D eigenvalue weighted by molar-refractivity contribution is 7.88.